The average molecular weight is 427 g/mol. The molecule has 0 saturated heterocycles. The molecule has 0 aliphatic heterocycles. The van der Waals surface area contributed by atoms with Crippen LogP contribution in [0.2, 0.25) is 0 Å². The molecule has 0 radical (unpaired) electrons. The number of fused-ring (bicyclic) bond motifs is 1. The number of ether oxygens (including phenoxy) is 1. The Morgan fingerprint density at radius 2 is 1.65 bits per heavy atom. The fourth-order valence-electron chi connectivity index (χ4n) is 2.92. The highest BCUT2D eigenvalue weighted by Crippen LogP contribution is 2.35. The van der Waals surface area contributed by atoms with Gasteiger partial charge in [0.05, 0.1) is 12.8 Å². The molecule has 1 aromatic heterocycles. The highest BCUT2D eigenvalue weighted by molar-refractivity contribution is 8.93. The highest BCUT2D eigenvalue weighted by atomic mass is 79.9. The predicted octanol–water partition coefficient (Wildman–Crippen LogP) is 6.16. The number of methoxy groups -OCH3 is 1. The third kappa shape index (κ3) is 3.74. The van der Waals surface area contributed by atoms with Crippen molar-refractivity contribution in [2.45, 2.75) is 6.54 Å². The molecule has 0 aliphatic carbocycles. The van der Waals surface area contributed by atoms with Crippen molar-refractivity contribution in [2.75, 3.05) is 12.4 Å². The molecule has 0 unspecified atom stereocenters. The van der Waals surface area contributed by atoms with Crippen molar-refractivity contribution < 1.29 is 4.74 Å². The van der Waals surface area contributed by atoms with Crippen molar-refractivity contribution >= 4 is 44.2 Å². The van der Waals surface area contributed by atoms with Crippen LogP contribution in [0.1, 0.15) is 5.56 Å². The molecule has 0 atom stereocenters. The molecule has 5 heteroatoms. The second-order valence-electron chi connectivity index (χ2n) is 5.74. The molecule has 26 heavy (non-hydrogen) atoms. The van der Waals surface area contributed by atoms with Gasteiger partial charge in [0.15, 0.2) is 5.13 Å². The van der Waals surface area contributed by atoms with Crippen molar-refractivity contribution in [3.8, 4) is 17.0 Å². The SMILES string of the molecule is Br.COc1ccc(-c2csc(NCc3ccccc3)n2)c2ccccc12. The lowest BCUT2D eigenvalue weighted by atomic mass is 10.0. The molecular weight excluding hydrogens is 408 g/mol. The van der Waals surface area contributed by atoms with Crippen LogP contribution in [-0.4, -0.2) is 12.1 Å². The molecule has 1 N–H and O–H groups in total. The van der Waals surface area contributed by atoms with Gasteiger partial charge in [0.1, 0.15) is 5.75 Å². The maximum absolute atomic E-state index is 5.48. The lowest BCUT2D eigenvalue weighted by Gasteiger charge is -2.09. The fraction of sp³-hybridized carbons (Fsp3) is 0.0952. The standard InChI is InChI=1S/C21H18N2OS.BrH/c1-24-20-12-11-17(16-9-5-6-10-18(16)20)19-14-25-21(23-19)22-13-15-7-3-2-4-8-15;/h2-12,14H,13H2,1H3,(H,22,23);1H. The van der Waals surface area contributed by atoms with Gasteiger partial charge in [-0.3, -0.25) is 0 Å². The summed E-state index contributed by atoms with van der Waals surface area (Å²) in [5.41, 5.74) is 3.36. The first-order chi connectivity index (χ1) is 12.3. The Balaban J connectivity index is 0.00000196. The summed E-state index contributed by atoms with van der Waals surface area (Å²) < 4.78 is 5.48. The summed E-state index contributed by atoms with van der Waals surface area (Å²) >= 11 is 1.63. The van der Waals surface area contributed by atoms with Crippen LogP contribution in [0.5, 0.6) is 5.75 Å². The summed E-state index contributed by atoms with van der Waals surface area (Å²) in [6, 6.07) is 22.7. The largest absolute Gasteiger partial charge is 0.496 e. The van der Waals surface area contributed by atoms with E-state index in [0.29, 0.717) is 0 Å². The van der Waals surface area contributed by atoms with Crippen molar-refractivity contribution in [3.05, 3.63) is 77.7 Å². The number of hydrogen-bond acceptors (Lipinski definition) is 4. The number of aromatic nitrogens is 1. The van der Waals surface area contributed by atoms with Crippen LogP contribution in [0.15, 0.2) is 72.1 Å². The van der Waals surface area contributed by atoms with E-state index in [2.05, 4.69) is 41.0 Å². The van der Waals surface area contributed by atoms with E-state index in [-0.39, 0.29) is 17.0 Å². The Hall–Kier alpha value is -2.37. The monoisotopic (exact) mass is 426 g/mol. The lowest BCUT2D eigenvalue weighted by Crippen LogP contribution is -1.98. The van der Waals surface area contributed by atoms with Crippen LogP contribution in [-0.2, 0) is 6.54 Å². The van der Waals surface area contributed by atoms with E-state index in [4.69, 9.17) is 9.72 Å². The van der Waals surface area contributed by atoms with Crippen molar-refractivity contribution in [1.29, 1.82) is 0 Å². The van der Waals surface area contributed by atoms with Gasteiger partial charge in [-0.05, 0) is 23.1 Å². The Morgan fingerprint density at radius 3 is 2.42 bits per heavy atom. The Bertz CT molecular complexity index is 1000. The van der Waals surface area contributed by atoms with Crippen LogP contribution in [0.4, 0.5) is 5.13 Å². The molecule has 0 bridgehead atoms. The second-order valence-corrected chi connectivity index (χ2v) is 6.60. The van der Waals surface area contributed by atoms with E-state index >= 15 is 0 Å². The summed E-state index contributed by atoms with van der Waals surface area (Å²) in [5, 5.41) is 8.69. The second kappa shape index (κ2) is 8.34. The zero-order valence-electron chi connectivity index (χ0n) is 14.3. The molecule has 4 rings (SSSR count). The molecule has 0 spiro atoms. The number of benzene rings is 3. The first kappa shape index (κ1) is 18.4. The third-order valence-electron chi connectivity index (χ3n) is 4.17. The van der Waals surface area contributed by atoms with Gasteiger partial charge in [0.2, 0.25) is 0 Å². The molecule has 0 saturated carbocycles. The molecule has 1 heterocycles. The van der Waals surface area contributed by atoms with E-state index in [9.17, 15) is 0 Å². The number of thiazole rings is 1. The molecule has 4 aromatic rings. The Kier molecular flexibility index (Phi) is 5.91. The van der Waals surface area contributed by atoms with E-state index in [1.807, 2.05) is 36.4 Å². The van der Waals surface area contributed by atoms with Gasteiger partial charge in [-0.25, -0.2) is 4.98 Å². The minimum atomic E-state index is 0. The zero-order chi connectivity index (χ0) is 17.1. The van der Waals surface area contributed by atoms with Gasteiger partial charge in [0.25, 0.3) is 0 Å². The van der Waals surface area contributed by atoms with Crippen molar-refractivity contribution in [2.24, 2.45) is 0 Å². The van der Waals surface area contributed by atoms with Gasteiger partial charge in [0, 0.05) is 22.9 Å². The topological polar surface area (TPSA) is 34.1 Å². The predicted molar refractivity (Wildman–Crippen MR) is 116 cm³/mol. The summed E-state index contributed by atoms with van der Waals surface area (Å²) in [5.74, 6) is 0.886. The molecule has 0 fully saturated rings. The first-order valence-corrected chi connectivity index (χ1v) is 9.02. The maximum atomic E-state index is 5.48. The van der Waals surface area contributed by atoms with Crippen LogP contribution < -0.4 is 10.1 Å². The van der Waals surface area contributed by atoms with Crippen molar-refractivity contribution in [3.63, 3.8) is 0 Å². The number of nitrogens with zero attached hydrogens (tertiary/aromatic N) is 1. The molecule has 0 amide bonds. The summed E-state index contributed by atoms with van der Waals surface area (Å²) in [7, 11) is 1.70. The first-order valence-electron chi connectivity index (χ1n) is 8.14. The highest BCUT2D eigenvalue weighted by Gasteiger charge is 2.11. The number of halogens is 1. The molecule has 3 nitrogen and oxygen atoms in total. The van der Waals surface area contributed by atoms with Gasteiger partial charge in [-0.1, -0.05) is 54.6 Å². The molecule has 3 aromatic carbocycles. The van der Waals surface area contributed by atoms with Crippen LogP contribution >= 0.6 is 28.3 Å². The number of anilines is 1. The quantitative estimate of drug-likeness (QED) is 0.414. The van der Waals surface area contributed by atoms with E-state index in [0.717, 1.165) is 39.5 Å². The summed E-state index contributed by atoms with van der Waals surface area (Å²) in [6.45, 7) is 0.775. The zero-order valence-corrected chi connectivity index (χ0v) is 16.8. The van der Waals surface area contributed by atoms with E-state index < -0.39 is 0 Å². The lowest BCUT2D eigenvalue weighted by molar-refractivity contribution is 0.420. The molecule has 132 valence electrons. The molecule has 0 aliphatic rings. The number of rotatable bonds is 5. The number of hydrogen-bond donors (Lipinski definition) is 1. The number of nitrogens with one attached hydrogen (secondary N) is 1. The van der Waals surface area contributed by atoms with Gasteiger partial charge >= 0.3 is 0 Å². The molecular formula is C21H19BrN2OS. The van der Waals surface area contributed by atoms with Crippen LogP contribution in [0.25, 0.3) is 22.0 Å². The summed E-state index contributed by atoms with van der Waals surface area (Å²) in [6.07, 6.45) is 0. The van der Waals surface area contributed by atoms with Crippen LogP contribution in [0, 0.1) is 0 Å². The smallest absolute Gasteiger partial charge is 0.183 e. The van der Waals surface area contributed by atoms with Gasteiger partial charge < -0.3 is 10.1 Å². The van der Waals surface area contributed by atoms with Crippen LogP contribution in [0.3, 0.4) is 0 Å². The van der Waals surface area contributed by atoms with E-state index in [1.54, 1.807) is 18.4 Å². The summed E-state index contributed by atoms with van der Waals surface area (Å²) in [4.78, 5) is 4.77. The average Bonchev–Trinajstić information content (AvgIpc) is 3.15. The third-order valence-corrected chi connectivity index (χ3v) is 4.97. The Labute approximate surface area is 167 Å². The minimum Gasteiger partial charge on any atom is -0.496 e. The maximum Gasteiger partial charge on any atom is 0.183 e. The minimum absolute atomic E-state index is 0. The normalized spacial score (nSPS) is 10.3. The van der Waals surface area contributed by atoms with E-state index in [1.165, 1.54) is 5.56 Å². The Morgan fingerprint density at radius 1 is 0.923 bits per heavy atom. The van der Waals surface area contributed by atoms with Crippen molar-refractivity contribution in [1.82, 2.24) is 4.98 Å². The van der Waals surface area contributed by atoms with Gasteiger partial charge in [-0.15, -0.1) is 28.3 Å². The fourth-order valence-corrected chi connectivity index (χ4v) is 3.63. The van der Waals surface area contributed by atoms with Gasteiger partial charge in [-0.2, -0.15) is 0 Å².